The second kappa shape index (κ2) is 2.37. The summed E-state index contributed by atoms with van der Waals surface area (Å²) in [6.45, 7) is 2.14. The molecule has 1 aromatic rings. The van der Waals surface area contributed by atoms with Crippen molar-refractivity contribution in [2.24, 2.45) is 5.92 Å². The van der Waals surface area contributed by atoms with E-state index in [0.717, 1.165) is 6.42 Å². The molecule has 1 fully saturated rings. The van der Waals surface area contributed by atoms with Crippen molar-refractivity contribution in [1.82, 2.24) is 4.57 Å². The molecule has 0 unspecified atom stereocenters. The van der Waals surface area contributed by atoms with E-state index in [1.165, 1.54) is 0 Å². The minimum absolute atomic E-state index is 0.0492. The van der Waals surface area contributed by atoms with Gasteiger partial charge in [0.05, 0.1) is 5.69 Å². The van der Waals surface area contributed by atoms with E-state index in [1.54, 1.807) is 10.6 Å². The van der Waals surface area contributed by atoms with Gasteiger partial charge in [-0.05, 0) is 24.5 Å². The summed E-state index contributed by atoms with van der Waals surface area (Å²) in [5, 5.41) is 0. The predicted octanol–water partition coefficient (Wildman–Crippen LogP) is 1.01. The Morgan fingerprint density at radius 2 is 2.33 bits per heavy atom. The first-order valence-electron chi connectivity index (χ1n) is 4.17. The lowest BCUT2D eigenvalue weighted by molar-refractivity contribution is 0.661. The molecule has 1 aromatic heterocycles. The van der Waals surface area contributed by atoms with Crippen LogP contribution in [0.25, 0.3) is 0 Å². The Morgan fingerprint density at radius 3 is 2.92 bits per heavy atom. The molecule has 1 aliphatic carbocycles. The molecule has 64 valence electrons. The number of aromatic nitrogens is 1. The molecule has 1 saturated carbocycles. The fourth-order valence-corrected chi connectivity index (χ4v) is 1.48. The summed E-state index contributed by atoms with van der Waals surface area (Å²) in [5.41, 5.74) is 5.79. The Bertz CT molecular complexity index is 356. The van der Waals surface area contributed by atoms with Gasteiger partial charge < -0.3 is 10.3 Å². The van der Waals surface area contributed by atoms with Crippen LogP contribution in [0.5, 0.6) is 0 Å². The lowest BCUT2D eigenvalue weighted by Gasteiger charge is -2.03. The maximum absolute atomic E-state index is 11.4. The molecule has 1 heterocycles. The summed E-state index contributed by atoms with van der Waals surface area (Å²) in [6.07, 6.45) is 2.91. The minimum Gasteiger partial charge on any atom is -0.394 e. The van der Waals surface area contributed by atoms with Gasteiger partial charge in [0.2, 0.25) is 0 Å². The van der Waals surface area contributed by atoms with E-state index in [-0.39, 0.29) is 5.56 Å². The molecule has 1 aliphatic rings. The molecule has 0 aliphatic heterocycles. The molecule has 0 amide bonds. The molecule has 3 nitrogen and oxygen atoms in total. The number of rotatable bonds is 1. The molecule has 2 N–H and O–H groups in total. The Morgan fingerprint density at radius 1 is 1.67 bits per heavy atom. The smallest absolute Gasteiger partial charge is 0.273 e. The fourth-order valence-electron chi connectivity index (χ4n) is 1.48. The van der Waals surface area contributed by atoms with Crippen molar-refractivity contribution in [1.29, 1.82) is 0 Å². The Hall–Kier alpha value is -1.25. The largest absolute Gasteiger partial charge is 0.394 e. The van der Waals surface area contributed by atoms with Crippen LogP contribution in [0.2, 0.25) is 0 Å². The van der Waals surface area contributed by atoms with Crippen LogP contribution in [0.1, 0.15) is 19.4 Å². The van der Waals surface area contributed by atoms with Crippen LogP contribution < -0.4 is 11.3 Å². The van der Waals surface area contributed by atoms with E-state index >= 15 is 0 Å². The van der Waals surface area contributed by atoms with Gasteiger partial charge >= 0.3 is 0 Å². The second-order valence-corrected chi connectivity index (χ2v) is 3.46. The first kappa shape index (κ1) is 7.40. The minimum atomic E-state index is -0.0492. The van der Waals surface area contributed by atoms with Gasteiger partial charge in [0, 0.05) is 12.2 Å². The van der Waals surface area contributed by atoms with Gasteiger partial charge in [-0.1, -0.05) is 6.92 Å². The summed E-state index contributed by atoms with van der Waals surface area (Å²) in [4.78, 5) is 11.4. The first-order chi connectivity index (χ1) is 5.70. The van der Waals surface area contributed by atoms with Gasteiger partial charge in [0.15, 0.2) is 0 Å². The lowest BCUT2D eigenvalue weighted by Crippen LogP contribution is -2.21. The third-order valence-electron chi connectivity index (χ3n) is 2.43. The SMILES string of the molecule is C[C@H]1C[C@H]1n1cccc(N)c1=O. The molecule has 0 spiro atoms. The van der Waals surface area contributed by atoms with E-state index in [4.69, 9.17) is 5.73 Å². The lowest BCUT2D eigenvalue weighted by atomic mass is 10.4. The number of nitrogen functional groups attached to an aromatic ring is 1. The van der Waals surface area contributed by atoms with Gasteiger partial charge in [0.25, 0.3) is 5.56 Å². The molecule has 2 rings (SSSR count). The van der Waals surface area contributed by atoms with Gasteiger partial charge in [-0.15, -0.1) is 0 Å². The van der Waals surface area contributed by atoms with Crippen molar-refractivity contribution in [2.75, 3.05) is 5.73 Å². The van der Waals surface area contributed by atoms with Crippen LogP contribution in [0.4, 0.5) is 5.69 Å². The molecule has 0 bridgehead atoms. The Labute approximate surface area is 70.8 Å². The maximum atomic E-state index is 11.4. The molecular formula is C9H12N2O. The maximum Gasteiger partial charge on any atom is 0.273 e. The van der Waals surface area contributed by atoms with Crippen molar-refractivity contribution in [2.45, 2.75) is 19.4 Å². The molecular weight excluding hydrogens is 152 g/mol. The highest BCUT2D eigenvalue weighted by Gasteiger charge is 2.34. The summed E-state index contributed by atoms with van der Waals surface area (Å²) >= 11 is 0. The van der Waals surface area contributed by atoms with Gasteiger partial charge in [0.1, 0.15) is 0 Å². The quantitative estimate of drug-likeness (QED) is 0.673. The van der Waals surface area contributed by atoms with Crippen LogP contribution >= 0.6 is 0 Å². The molecule has 12 heavy (non-hydrogen) atoms. The molecule has 2 atom stereocenters. The van der Waals surface area contributed by atoms with Crippen LogP contribution in [0.3, 0.4) is 0 Å². The topological polar surface area (TPSA) is 48.0 Å². The number of hydrogen-bond donors (Lipinski definition) is 1. The van der Waals surface area contributed by atoms with Crippen LogP contribution in [0.15, 0.2) is 23.1 Å². The monoisotopic (exact) mass is 164 g/mol. The number of nitrogens with zero attached hydrogens (tertiary/aromatic N) is 1. The number of hydrogen-bond acceptors (Lipinski definition) is 2. The van der Waals surface area contributed by atoms with Crippen molar-refractivity contribution >= 4 is 5.69 Å². The second-order valence-electron chi connectivity index (χ2n) is 3.46. The molecule has 0 radical (unpaired) electrons. The van der Waals surface area contributed by atoms with Crippen molar-refractivity contribution in [3.63, 3.8) is 0 Å². The van der Waals surface area contributed by atoms with E-state index in [9.17, 15) is 4.79 Å². The standard InChI is InChI=1S/C9H12N2O/c1-6-5-8(6)11-4-2-3-7(10)9(11)12/h2-4,6,8H,5,10H2,1H3/t6-,8+/m0/s1. The van der Waals surface area contributed by atoms with Gasteiger partial charge in [-0.2, -0.15) is 0 Å². The fraction of sp³-hybridized carbons (Fsp3) is 0.444. The zero-order valence-electron chi connectivity index (χ0n) is 7.03. The van der Waals surface area contributed by atoms with Crippen molar-refractivity contribution < 1.29 is 0 Å². The Kier molecular flexibility index (Phi) is 1.46. The van der Waals surface area contributed by atoms with Gasteiger partial charge in [-0.3, -0.25) is 4.79 Å². The molecule has 0 aromatic carbocycles. The number of nitrogens with two attached hydrogens (primary N) is 1. The van der Waals surface area contributed by atoms with Gasteiger partial charge in [-0.25, -0.2) is 0 Å². The van der Waals surface area contributed by atoms with Crippen LogP contribution in [-0.4, -0.2) is 4.57 Å². The summed E-state index contributed by atoms with van der Waals surface area (Å²) in [5.74, 6) is 0.629. The first-order valence-corrected chi connectivity index (χ1v) is 4.17. The van der Waals surface area contributed by atoms with Crippen molar-refractivity contribution in [3.8, 4) is 0 Å². The van der Waals surface area contributed by atoms with E-state index in [1.807, 2.05) is 12.3 Å². The zero-order chi connectivity index (χ0) is 8.72. The zero-order valence-corrected chi connectivity index (χ0v) is 7.03. The summed E-state index contributed by atoms with van der Waals surface area (Å²) in [6, 6.07) is 3.86. The predicted molar refractivity (Wildman–Crippen MR) is 47.9 cm³/mol. The van der Waals surface area contributed by atoms with Crippen LogP contribution in [-0.2, 0) is 0 Å². The van der Waals surface area contributed by atoms with E-state index in [2.05, 4.69) is 6.92 Å². The average Bonchev–Trinajstić information content (AvgIpc) is 2.73. The third kappa shape index (κ3) is 1.02. The average molecular weight is 164 g/mol. The number of pyridine rings is 1. The number of anilines is 1. The highest BCUT2D eigenvalue weighted by Crippen LogP contribution is 2.41. The third-order valence-corrected chi connectivity index (χ3v) is 2.43. The Balaban J connectivity index is 2.45. The van der Waals surface area contributed by atoms with Crippen LogP contribution in [0, 0.1) is 5.92 Å². The highest BCUT2D eigenvalue weighted by molar-refractivity contribution is 5.34. The molecule has 3 heteroatoms. The summed E-state index contributed by atoms with van der Waals surface area (Å²) < 4.78 is 1.74. The molecule has 0 saturated heterocycles. The highest BCUT2D eigenvalue weighted by atomic mass is 16.1. The van der Waals surface area contributed by atoms with E-state index in [0.29, 0.717) is 17.6 Å². The summed E-state index contributed by atoms with van der Waals surface area (Å²) in [7, 11) is 0. The van der Waals surface area contributed by atoms with E-state index < -0.39 is 0 Å². The van der Waals surface area contributed by atoms with Crippen molar-refractivity contribution in [3.05, 3.63) is 28.7 Å². The normalized spacial score (nSPS) is 27.1.